The summed E-state index contributed by atoms with van der Waals surface area (Å²) >= 11 is 3.51. The highest BCUT2D eigenvalue weighted by molar-refractivity contribution is 8.02. The standard InChI is InChI=1S/C8H7NS2/c1-3-7(10-5-1)8-9-4-2-6-11-8/h1-6,8H. The van der Waals surface area contributed by atoms with E-state index in [2.05, 4.69) is 27.9 Å². The fraction of sp³-hybridized carbons (Fsp3) is 0.125. The summed E-state index contributed by atoms with van der Waals surface area (Å²) in [5.74, 6) is 0. The number of aliphatic imine (C=N–C) groups is 1. The van der Waals surface area contributed by atoms with E-state index in [-0.39, 0.29) is 0 Å². The highest BCUT2D eigenvalue weighted by Gasteiger charge is 2.09. The Labute approximate surface area is 73.9 Å². The summed E-state index contributed by atoms with van der Waals surface area (Å²) in [7, 11) is 0. The highest BCUT2D eigenvalue weighted by atomic mass is 32.2. The van der Waals surface area contributed by atoms with Crippen molar-refractivity contribution < 1.29 is 0 Å². The highest BCUT2D eigenvalue weighted by Crippen LogP contribution is 2.34. The second kappa shape index (κ2) is 3.24. The van der Waals surface area contributed by atoms with Gasteiger partial charge < -0.3 is 0 Å². The quantitative estimate of drug-likeness (QED) is 0.648. The van der Waals surface area contributed by atoms with Crippen molar-refractivity contribution in [2.75, 3.05) is 0 Å². The summed E-state index contributed by atoms with van der Waals surface area (Å²) in [5.41, 5.74) is 0. The van der Waals surface area contributed by atoms with Crippen molar-refractivity contribution in [2.24, 2.45) is 4.99 Å². The van der Waals surface area contributed by atoms with Crippen LogP contribution in [0, 0.1) is 0 Å². The normalized spacial score (nSPS) is 22.4. The maximum absolute atomic E-state index is 4.33. The topological polar surface area (TPSA) is 12.4 Å². The molecule has 1 unspecified atom stereocenters. The molecule has 1 aromatic rings. The largest absolute Gasteiger partial charge is 0.273 e. The smallest absolute Gasteiger partial charge is 0.133 e. The van der Waals surface area contributed by atoms with Crippen molar-refractivity contribution in [3.63, 3.8) is 0 Å². The zero-order valence-electron chi connectivity index (χ0n) is 5.81. The molecule has 0 amide bonds. The molecule has 1 atom stereocenters. The number of thiophene rings is 1. The number of thioether (sulfide) groups is 1. The van der Waals surface area contributed by atoms with Gasteiger partial charge in [0.1, 0.15) is 5.37 Å². The van der Waals surface area contributed by atoms with Gasteiger partial charge in [-0.25, -0.2) is 0 Å². The Morgan fingerprint density at radius 1 is 1.45 bits per heavy atom. The van der Waals surface area contributed by atoms with Gasteiger partial charge in [-0.1, -0.05) is 6.07 Å². The number of hydrogen-bond acceptors (Lipinski definition) is 3. The minimum Gasteiger partial charge on any atom is -0.273 e. The van der Waals surface area contributed by atoms with Crippen molar-refractivity contribution in [2.45, 2.75) is 5.37 Å². The van der Waals surface area contributed by atoms with Crippen LogP contribution < -0.4 is 0 Å². The summed E-state index contributed by atoms with van der Waals surface area (Å²) in [4.78, 5) is 5.66. The molecule has 1 aromatic heterocycles. The lowest BCUT2D eigenvalue weighted by Gasteiger charge is -2.08. The van der Waals surface area contributed by atoms with Crippen LogP contribution in [-0.4, -0.2) is 6.21 Å². The first-order valence-electron chi connectivity index (χ1n) is 3.34. The molecule has 0 bridgehead atoms. The van der Waals surface area contributed by atoms with Gasteiger partial charge in [-0.15, -0.1) is 23.1 Å². The zero-order chi connectivity index (χ0) is 7.52. The van der Waals surface area contributed by atoms with Gasteiger partial charge in [0, 0.05) is 11.1 Å². The number of nitrogens with zero attached hydrogens (tertiary/aromatic N) is 1. The van der Waals surface area contributed by atoms with Crippen LogP contribution in [0.5, 0.6) is 0 Å². The molecule has 2 heterocycles. The molecule has 2 rings (SSSR count). The first-order valence-corrected chi connectivity index (χ1v) is 5.16. The number of rotatable bonds is 1. The molecule has 0 N–H and O–H groups in total. The molecule has 1 aliphatic rings. The van der Waals surface area contributed by atoms with Crippen molar-refractivity contribution in [1.29, 1.82) is 0 Å². The fourth-order valence-electron chi connectivity index (χ4n) is 0.890. The minimum atomic E-state index is 0.306. The summed E-state index contributed by atoms with van der Waals surface area (Å²) in [6.45, 7) is 0. The molecular weight excluding hydrogens is 174 g/mol. The fourth-order valence-corrected chi connectivity index (χ4v) is 2.54. The lowest BCUT2D eigenvalue weighted by atomic mass is 10.4. The van der Waals surface area contributed by atoms with Gasteiger partial charge in [0.25, 0.3) is 0 Å². The van der Waals surface area contributed by atoms with Crippen molar-refractivity contribution >= 4 is 29.3 Å². The average molecular weight is 181 g/mol. The summed E-state index contributed by atoms with van der Waals surface area (Å²) in [6, 6.07) is 4.19. The molecule has 0 aromatic carbocycles. The van der Waals surface area contributed by atoms with E-state index >= 15 is 0 Å². The van der Waals surface area contributed by atoms with Crippen LogP contribution in [-0.2, 0) is 0 Å². The molecule has 0 saturated heterocycles. The Kier molecular flexibility index (Phi) is 2.10. The van der Waals surface area contributed by atoms with Crippen molar-refractivity contribution in [3.05, 3.63) is 33.9 Å². The molecule has 0 saturated carbocycles. The summed E-state index contributed by atoms with van der Waals surface area (Å²) in [5, 5.41) is 4.47. The van der Waals surface area contributed by atoms with Crippen LogP contribution in [0.1, 0.15) is 10.3 Å². The monoisotopic (exact) mass is 181 g/mol. The molecule has 0 spiro atoms. The van der Waals surface area contributed by atoms with Crippen molar-refractivity contribution in [3.8, 4) is 0 Å². The predicted molar refractivity (Wildman–Crippen MR) is 52.3 cm³/mol. The van der Waals surface area contributed by atoms with Crippen LogP contribution in [0.2, 0.25) is 0 Å². The molecule has 1 aliphatic heterocycles. The van der Waals surface area contributed by atoms with Gasteiger partial charge in [0.2, 0.25) is 0 Å². The van der Waals surface area contributed by atoms with E-state index < -0.39 is 0 Å². The molecule has 0 fully saturated rings. The van der Waals surface area contributed by atoms with Gasteiger partial charge in [-0.3, -0.25) is 4.99 Å². The maximum atomic E-state index is 4.33. The predicted octanol–water partition coefficient (Wildman–Crippen LogP) is 3.08. The van der Waals surface area contributed by atoms with E-state index in [1.54, 1.807) is 23.1 Å². The first kappa shape index (κ1) is 7.13. The van der Waals surface area contributed by atoms with Gasteiger partial charge in [-0.2, -0.15) is 0 Å². The Morgan fingerprint density at radius 2 is 2.45 bits per heavy atom. The number of hydrogen-bond donors (Lipinski definition) is 0. The molecule has 11 heavy (non-hydrogen) atoms. The van der Waals surface area contributed by atoms with E-state index in [1.807, 2.05) is 12.3 Å². The second-order valence-corrected chi connectivity index (χ2v) is 4.10. The summed E-state index contributed by atoms with van der Waals surface area (Å²) in [6.07, 6.45) is 3.83. The Balaban J connectivity index is 2.19. The molecule has 3 heteroatoms. The van der Waals surface area contributed by atoms with E-state index in [9.17, 15) is 0 Å². The lowest BCUT2D eigenvalue weighted by Crippen LogP contribution is -1.87. The van der Waals surface area contributed by atoms with E-state index in [0.717, 1.165) is 0 Å². The van der Waals surface area contributed by atoms with Crippen LogP contribution in [0.25, 0.3) is 0 Å². The third-order valence-corrected chi connectivity index (χ3v) is 3.40. The second-order valence-electron chi connectivity index (χ2n) is 2.13. The third-order valence-electron chi connectivity index (χ3n) is 1.38. The zero-order valence-corrected chi connectivity index (χ0v) is 7.44. The van der Waals surface area contributed by atoms with E-state index in [1.165, 1.54) is 4.88 Å². The number of allylic oxidation sites excluding steroid dienone is 1. The Hall–Kier alpha value is -0.540. The van der Waals surface area contributed by atoms with E-state index in [0.29, 0.717) is 5.37 Å². The first-order chi connectivity index (χ1) is 5.47. The third kappa shape index (κ3) is 1.54. The molecule has 1 nitrogen and oxygen atoms in total. The molecular formula is C8H7NS2. The van der Waals surface area contributed by atoms with Gasteiger partial charge in [0.05, 0.1) is 0 Å². The SMILES string of the molecule is C1=CSC(c2cccs2)N=C1. The minimum absolute atomic E-state index is 0.306. The van der Waals surface area contributed by atoms with Gasteiger partial charge >= 0.3 is 0 Å². The maximum Gasteiger partial charge on any atom is 0.133 e. The Morgan fingerprint density at radius 3 is 3.09 bits per heavy atom. The van der Waals surface area contributed by atoms with Crippen LogP contribution in [0.3, 0.4) is 0 Å². The molecule has 0 radical (unpaired) electrons. The van der Waals surface area contributed by atoms with Gasteiger partial charge in [0.15, 0.2) is 0 Å². The van der Waals surface area contributed by atoms with Crippen LogP contribution in [0.4, 0.5) is 0 Å². The van der Waals surface area contributed by atoms with Gasteiger partial charge in [-0.05, 0) is 22.9 Å². The average Bonchev–Trinajstić information content (AvgIpc) is 2.58. The summed E-state index contributed by atoms with van der Waals surface area (Å²) < 4.78 is 0. The molecule has 0 aliphatic carbocycles. The Bertz CT molecular complexity index is 274. The van der Waals surface area contributed by atoms with E-state index in [4.69, 9.17) is 0 Å². The van der Waals surface area contributed by atoms with Crippen LogP contribution in [0.15, 0.2) is 34.0 Å². The molecule has 56 valence electrons. The van der Waals surface area contributed by atoms with Crippen molar-refractivity contribution in [1.82, 2.24) is 0 Å². The van der Waals surface area contributed by atoms with Crippen LogP contribution >= 0.6 is 23.1 Å². The lowest BCUT2D eigenvalue weighted by molar-refractivity contribution is 1.08.